The molecule has 0 radical (unpaired) electrons. The van der Waals surface area contributed by atoms with Crippen molar-refractivity contribution in [3.63, 3.8) is 0 Å². The van der Waals surface area contributed by atoms with Gasteiger partial charge in [0.25, 0.3) is 5.91 Å². The van der Waals surface area contributed by atoms with E-state index in [1.165, 1.54) is 0 Å². The van der Waals surface area contributed by atoms with Gasteiger partial charge in [-0.05, 0) is 18.2 Å². The minimum atomic E-state index is 0.00135. The third-order valence-corrected chi connectivity index (χ3v) is 4.52. The molecule has 1 aromatic carbocycles. The maximum Gasteiger partial charge on any atom is 0.254 e. The molecule has 2 aliphatic rings. The number of carbonyl (C=O) groups is 2. The fraction of sp³-hybridized carbons (Fsp3) is 0.529. The van der Waals surface area contributed by atoms with Crippen LogP contribution in [0.1, 0.15) is 10.4 Å². The number of hydrogen-bond acceptors (Lipinski definition) is 5. The van der Waals surface area contributed by atoms with Crippen molar-refractivity contribution in [2.24, 2.45) is 0 Å². The van der Waals surface area contributed by atoms with Gasteiger partial charge in [0.2, 0.25) is 5.91 Å². The van der Waals surface area contributed by atoms with Crippen LogP contribution in [-0.2, 0) is 9.53 Å². The summed E-state index contributed by atoms with van der Waals surface area (Å²) in [7, 11) is 0. The van der Waals surface area contributed by atoms with Crippen molar-refractivity contribution in [3.8, 4) is 0 Å². The Bertz CT molecular complexity index is 593. The third kappa shape index (κ3) is 4.04. The van der Waals surface area contributed by atoms with Gasteiger partial charge in [-0.2, -0.15) is 0 Å². The Kier molecular flexibility index (Phi) is 5.32. The van der Waals surface area contributed by atoms with Gasteiger partial charge in [0.1, 0.15) is 0 Å². The molecule has 0 bridgehead atoms. The zero-order chi connectivity index (χ0) is 16.9. The molecular weight excluding hydrogens is 308 g/mol. The topological polar surface area (TPSA) is 79.1 Å². The molecule has 3 rings (SSSR count). The predicted molar refractivity (Wildman–Crippen MR) is 90.6 cm³/mol. The van der Waals surface area contributed by atoms with Gasteiger partial charge in [0.15, 0.2) is 0 Å². The number of ether oxygens (including phenoxy) is 1. The lowest BCUT2D eigenvalue weighted by atomic mass is 10.1. The molecule has 0 saturated carbocycles. The Morgan fingerprint density at radius 3 is 2.38 bits per heavy atom. The normalized spacial score (nSPS) is 19.3. The lowest BCUT2D eigenvalue weighted by molar-refractivity contribution is -0.136. The van der Waals surface area contributed by atoms with Crippen molar-refractivity contribution in [3.05, 3.63) is 29.8 Å². The van der Waals surface area contributed by atoms with E-state index in [0.717, 1.165) is 0 Å². The minimum absolute atomic E-state index is 0.00135. The Hall–Kier alpha value is -2.12. The molecule has 0 aromatic heterocycles. The summed E-state index contributed by atoms with van der Waals surface area (Å²) in [6.45, 7) is 5.69. The van der Waals surface area contributed by atoms with E-state index in [1.54, 1.807) is 24.3 Å². The van der Waals surface area contributed by atoms with E-state index >= 15 is 0 Å². The van der Waals surface area contributed by atoms with Crippen molar-refractivity contribution in [1.29, 1.82) is 0 Å². The highest BCUT2D eigenvalue weighted by Crippen LogP contribution is 2.12. The van der Waals surface area contributed by atoms with Crippen molar-refractivity contribution in [1.82, 2.24) is 14.7 Å². The van der Waals surface area contributed by atoms with Crippen molar-refractivity contribution in [2.45, 2.75) is 0 Å². The van der Waals surface area contributed by atoms with Crippen LogP contribution in [0.25, 0.3) is 0 Å². The van der Waals surface area contributed by atoms with Crippen LogP contribution in [0.3, 0.4) is 0 Å². The quantitative estimate of drug-likeness (QED) is 0.781. The highest BCUT2D eigenvalue weighted by molar-refractivity contribution is 5.95. The van der Waals surface area contributed by atoms with Gasteiger partial charge in [-0.3, -0.25) is 14.5 Å². The summed E-state index contributed by atoms with van der Waals surface area (Å²) in [5, 5.41) is 0. The molecule has 0 spiro atoms. The number of amides is 2. The molecule has 0 atom stereocenters. The summed E-state index contributed by atoms with van der Waals surface area (Å²) in [5.74, 6) is 0.148. The van der Waals surface area contributed by atoms with E-state index in [0.29, 0.717) is 70.3 Å². The number of anilines is 1. The maximum absolute atomic E-state index is 12.5. The Labute approximate surface area is 141 Å². The highest BCUT2D eigenvalue weighted by atomic mass is 16.5. The fourth-order valence-corrected chi connectivity index (χ4v) is 3.07. The molecule has 2 saturated heterocycles. The van der Waals surface area contributed by atoms with Gasteiger partial charge < -0.3 is 20.3 Å². The largest absolute Gasteiger partial charge is 0.399 e. The number of rotatable bonds is 3. The molecule has 1 aromatic rings. The fourth-order valence-electron chi connectivity index (χ4n) is 3.07. The summed E-state index contributed by atoms with van der Waals surface area (Å²) in [6, 6.07) is 7.05. The van der Waals surface area contributed by atoms with Crippen LogP contribution in [0.15, 0.2) is 24.3 Å². The lowest BCUT2D eigenvalue weighted by Crippen LogP contribution is -2.52. The Balaban J connectivity index is 1.48. The smallest absolute Gasteiger partial charge is 0.254 e. The highest BCUT2D eigenvalue weighted by Gasteiger charge is 2.25. The van der Waals surface area contributed by atoms with Crippen molar-refractivity contribution in [2.75, 3.05) is 64.8 Å². The van der Waals surface area contributed by atoms with Crippen LogP contribution < -0.4 is 5.73 Å². The average molecular weight is 332 g/mol. The molecule has 0 aliphatic carbocycles. The molecule has 2 fully saturated rings. The number of hydrogen-bond donors (Lipinski definition) is 1. The minimum Gasteiger partial charge on any atom is -0.399 e. The van der Waals surface area contributed by atoms with Crippen LogP contribution in [0.4, 0.5) is 5.69 Å². The Morgan fingerprint density at radius 2 is 1.71 bits per heavy atom. The second kappa shape index (κ2) is 7.63. The number of benzene rings is 1. The van der Waals surface area contributed by atoms with E-state index in [1.807, 2.05) is 9.80 Å². The second-order valence-electron chi connectivity index (χ2n) is 6.19. The van der Waals surface area contributed by atoms with Gasteiger partial charge in [-0.15, -0.1) is 0 Å². The van der Waals surface area contributed by atoms with E-state index in [9.17, 15) is 9.59 Å². The van der Waals surface area contributed by atoms with Crippen LogP contribution in [0, 0.1) is 0 Å². The number of carbonyl (C=O) groups excluding carboxylic acids is 2. The van der Waals surface area contributed by atoms with Gasteiger partial charge in [0, 0.05) is 50.5 Å². The molecule has 2 N–H and O–H groups in total. The van der Waals surface area contributed by atoms with Gasteiger partial charge in [0.05, 0.1) is 19.8 Å². The first-order valence-electron chi connectivity index (χ1n) is 8.36. The average Bonchev–Trinajstić information content (AvgIpc) is 2.62. The summed E-state index contributed by atoms with van der Waals surface area (Å²) in [6.07, 6.45) is 0. The predicted octanol–water partition coefficient (Wildman–Crippen LogP) is -0.115. The molecule has 2 amide bonds. The zero-order valence-corrected chi connectivity index (χ0v) is 13.8. The molecule has 130 valence electrons. The van der Waals surface area contributed by atoms with E-state index in [2.05, 4.69) is 4.90 Å². The van der Waals surface area contributed by atoms with Crippen LogP contribution in [0.5, 0.6) is 0 Å². The molecule has 2 aliphatic heterocycles. The lowest BCUT2D eigenvalue weighted by Gasteiger charge is -2.36. The molecule has 24 heavy (non-hydrogen) atoms. The van der Waals surface area contributed by atoms with Gasteiger partial charge >= 0.3 is 0 Å². The Morgan fingerprint density at radius 1 is 1.00 bits per heavy atom. The summed E-state index contributed by atoms with van der Waals surface area (Å²) in [5.41, 5.74) is 6.96. The first kappa shape index (κ1) is 16.7. The van der Waals surface area contributed by atoms with E-state index in [4.69, 9.17) is 10.5 Å². The summed E-state index contributed by atoms with van der Waals surface area (Å²) < 4.78 is 5.27. The third-order valence-electron chi connectivity index (χ3n) is 4.52. The second-order valence-corrected chi connectivity index (χ2v) is 6.19. The zero-order valence-electron chi connectivity index (χ0n) is 13.8. The van der Waals surface area contributed by atoms with E-state index in [-0.39, 0.29) is 11.8 Å². The molecule has 0 unspecified atom stereocenters. The number of nitrogens with two attached hydrogens (primary N) is 1. The van der Waals surface area contributed by atoms with Crippen LogP contribution >= 0.6 is 0 Å². The van der Waals surface area contributed by atoms with Crippen LogP contribution in [-0.4, -0.2) is 85.5 Å². The van der Waals surface area contributed by atoms with Crippen molar-refractivity contribution >= 4 is 17.5 Å². The first-order chi connectivity index (χ1) is 11.6. The molecule has 2 heterocycles. The maximum atomic E-state index is 12.5. The van der Waals surface area contributed by atoms with E-state index < -0.39 is 0 Å². The molecule has 7 nitrogen and oxygen atoms in total. The number of piperazine rings is 1. The molecular formula is C17H24N4O3. The monoisotopic (exact) mass is 332 g/mol. The van der Waals surface area contributed by atoms with Crippen LogP contribution in [0.2, 0.25) is 0 Å². The number of nitrogen functional groups attached to an aromatic ring is 1. The number of nitrogens with zero attached hydrogens (tertiary/aromatic N) is 3. The number of morpholine rings is 1. The SMILES string of the molecule is Nc1cccc(C(=O)N2CCN(CC(=O)N3CCOCC3)CC2)c1. The summed E-state index contributed by atoms with van der Waals surface area (Å²) in [4.78, 5) is 30.6. The van der Waals surface area contributed by atoms with Gasteiger partial charge in [-0.1, -0.05) is 6.07 Å². The summed E-state index contributed by atoms with van der Waals surface area (Å²) >= 11 is 0. The molecule has 7 heteroatoms. The van der Waals surface area contributed by atoms with Gasteiger partial charge in [-0.25, -0.2) is 0 Å². The standard InChI is InChI=1S/C17H24N4O3/c18-15-3-1-2-14(12-15)17(23)21-6-4-19(5-7-21)13-16(22)20-8-10-24-11-9-20/h1-3,12H,4-11,13,18H2. The van der Waals surface area contributed by atoms with Crippen molar-refractivity contribution < 1.29 is 14.3 Å². The first-order valence-corrected chi connectivity index (χ1v) is 8.36.